The number of rotatable bonds is 7. The van der Waals surface area contributed by atoms with Gasteiger partial charge in [0.05, 0.1) is 6.04 Å². The van der Waals surface area contributed by atoms with Crippen molar-refractivity contribution < 1.29 is 9.18 Å². The average Bonchev–Trinajstić information content (AvgIpc) is 2.54. The predicted molar refractivity (Wildman–Crippen MR) is 88.4 cm³/mol. The number of aromatic nitrogens is 1. The number of benzene rings is 1. The van der Waals surface area contributed by atoms with Gasteiger partial charge in [-0.25, -0.2) is 4.39 Å². The van der Waals surface area contributed by atoms with Crippen molar-refractivity contribution in [1.29, 1.82) is 0 Å². The fourth-order valence-corrected chi connectivity index (χ4v) is 2.42. The number of nitrogens with one attached hydrogen (secondary N) is 1. The molecule has 1 atom stereocenters. The number of pyridine rings is 1. The molecule has 1 unspecified atom stereocenters. The van der Waals surface area contributed by atoms with Crippen molar-refractivity contribution in [2.75, 3.05) is 20.6 Å². The molecule has 23 heavy (non-hydrogen) atoms. The highest BCUT2D eigenvalue weighted by Gasteiger charge is 2.15. The Morgan fingerprint density at radius 1 is 1.30 bits per heavy atom. The lowest BCUT2D eigenvalue weighted by Gasteiger charge is -2.25. The van der Waals surface area contributed by atoms with Gasteiger partial charge in [0, 0.05) is 25.4 Å². The summed E-state index contributed by atoms with van der Waals surface area (Å²) in [5.74, 6) is -0.283. The lowest BCUT2D eigenvalue weighted by Crippen LogP contribution is -2.34. The lowest BCUT2D eigenvalue weighted by atomic mass is 10.1. The third kappa shape index (κ3) is 5.45. The molecule has 2 rings (SSSR count). The predicted octanol–water partition coefficient (Wildman–Crippen LogP) is 2.57. The van der Waals surface area contributed by atoms with E-state index in [1.54, 1.807) is 18.5 Å². The van der Waals surface area contributed by atoms with E-state index < -0.39 is 0 Å². The van der Waals surface area contributed by atoms with Crippen molar-refractivity contribution >= 4 is 5.91 Å². The van der Waals surface area contributed by atoms with Crippen LogP contribution in [0.5, 0.6) is 0 Å². The number of hydrogen-bond acceptors (Lipinski definition) is 3. The van der Waals surface area contributed by atoms with Gasteiger partial charge >= 0.3 is 0 Å². The van der Waals surface area contributed by atoms with Gasteiger partial charge in [0.25, 0.3) is 0 Å². The Balaban J connectivity index is 1.87. The van der Waals surface area contributed by atoms with E-state index in [0.717, 1.165) is 11.1 Å². The van der Waals surface area contributed by atoms with Crippen LogP contribution >= 0.6 is 0 Å². The zero-order valence-corrected chi connectivity index (χ0v) is 13.5. The summed E-state index contributed by atoms with van der Waals surface area (Å²) in [6.07, 6.45) is 4.55. The van der Waals surface area contributed by atoms with Gasteiger partial charge < -0.3 is 10.2 Å². The van der Waals surface area contributed by atoms with E-state index in [1.807, 2.05) is 37.2 Å². The quantitative estimate of drug-likeness (QED) is 0.854. The third-order valence-electron chi connectivity index (χ3n) is 3.71. The van der Waals surface area contributed by atoms with Crippen LogP contribution in [0.25, 0.3) is 0 Å². The van der Waals surface area contributed by atoms with Gasteiger partial charge in [0.1, 0.15) is 5.82 Å². The standard InChI is InChI=1S/C18H22FN3O/c1-22(2)17(15-6-3-7-16(19)11-15)13-21-18(23)9-8-14-5-4-10-20-12-14/h3-7,10-12,17H,8-9,13H2,1-2H3,(H,21,23). The van der Waals surface area contributed by atoms with E-state index in [4.69, 9.17) is 0 Å². The molecule has 1 aromatic carbocycles. The van der Waals surface area contributed by atoms with Crippen molar-refractivity contribution in [3.8, 4) is 0 Å². The van der Waals surface area contributed by atoms with Gasteiger partial charge in [-0.05, 0) is 49.8 Å². The highest BCUT2D eigenvalue weighted by molar-refractivity contribution is 5.76. The molecule has 0 saturated carbocycles. The number of amides is 1. The zero-order chi connectivity index (χ0) is 16.7. The molecule has 0 radical (unpaired) electrons. The first-order chi connectivity index (χ1) is 11.1. The second-order valence-electron chi connectivity index (χ2n) is 5.70. The van der Waals surface area contributed by atoms with Crippen molar-refractivity contribution in [2.24, 2.45) is 0 Å². The molecule has 0 saturated heterocycles. The van der Waals surface area contributed by atoms with Gasteiger partial charge in [0.15, 0.2) is 0 Å². The average molecular weight is 315 g/mol. The van der Waals surface area contributed by atoms with E-state index in [2.05, 4.69) is 10.3 Å². The number of hydrogen-bond donors (Lipinski definition) is 1. The number of carbonyl (C=O) groups excluding carboxylic acids is 1. The van der Waals surface area contributed by atoms with Crippen LogP contribution in [-0.2, 0) is 11.2 Å². The first-order valence-electron chi connectivity index (χ1n) is 7.64. The summed E-state index contributed by atoms with van der Waals surface area (Å²) in [4.78, 5) is 18.0. The summed E-state index contributed by atoms with van der Waals surface area (Å²) in [6, 6.07) is 10.2. The van der Waals surface area contributed by atoms with E-state index >= 15 is 0 Å². The molecule has 0 aliphatic heterocycles. The van der Waals surface area contributed by atoms with Crippen LogP contribution in [0.1, 0.15) is 23.6 Å². The highest BCUT2D eigenvalue weighted by atomic mass is 19.1. The SMILES string of the molecule is CN(C)C(CNC(=O)CCc1cccnc1)c1cccc(F)c1. The van der Waals surface area contributed by atoms with Crippen molar-refractivity contribution in [1.82, 2.24) is 15.2 Å². The fraction of sp³-hybridized carbons (Fsp3) is 0.333. The van der Waals surface area contributed by atoms with E-state index in [1.165, 1.54) is 12.1 Å². The Bertz CT molecular complexity index is 631. The van der Waals surface area contributed by atoms with Gasteiger partial charge in [-0.15, -0.1) is 0 Å². The topological polar surface area (TPSA) is 45.2 Å². The van der Waals surface area contributed by atoms with E-state index in [0.29, 0.717) is 19.4 Å². The van der Waals surface area contributed by atoms with Crippen molar-refractivity contribution in [3.63, 3.8) is 0 Å². The molecule has 1 N–H and O–H groups in total. The van der Waals surface area contributed by atoms with E-state index in [9.17, 15) is 9.18 Å². The van der Waals surface area contributed by atoms with Crippen molar-refractivity contribution in [3.05, 3.63) is 65.7 Å². The molecule has 0 fully saturated rings. The minimum Gasteiger partial charge on any atom is -0.354 e. The molecule has 0 aliphatic rings. The number of carbonyl (C=O) groups is 1. The summed E-state index contributed by atoms with van der Waals surface area (Å²) < 4.78 is 13.4. The first kappa shape index (κ1) is 17.1. The molecule has 5 heteroatoms. The van der Waals surface area contributed by atoms with Gasteiger partial charge in [0.2, 0.25) is 5.91 Å². The molecular weight excluding hydrogens is 293 g/mol. The maximum absolute atomic E-state index is 13.4. The minimum absolute atomic E-state index is 0.0166. The Morgan fingerprint density at radius 2 is 2.13 bits per heavy atom. The molecule has 1 heterocycles. The zero-order valence-electron chi connectivity index (χ0n) is 13.5. The van der Waals surface area contributed by atoms with Crippen LogP contribution in [0.3, 0.4) is 0 Å². The van der Waals surface area contributed by atoms with Gasteiger partial charge in [-0.1, -0.05) is 18.2 Å². The number of halogens is 1. The second-order valence-corrected chi connectivity index (χ2v) is 5.70. The fourth-order valence-electron chi connectivity index (χ4n) is 2.42. The normalized spacial score (nSPS) is 12.2. The number of nitrogens with zero attached hydrogens (tertiary/aromatic N) is 2. The van der Waals surface area contributed by atoms with Crippen LogP contribution in [-0.4, -0.2) is 36.4 Å². The third-order valence-corrected chi connectivity index (χ3v) is 3.71. The Kier molecular flexibility index (Phi) is 6.23. The molecule has 4 nitrogen and oxygen atoms in total. The summed E-state index contributed by atoms with van der Waals surface area (Å²) in [5.41, 5.74) is 1.89. The summed E-state index contributed by atoms with van der Waals surface area (Å²) >= 11 is 0. The van der Waals surface area contributed by atoms with Crippen LogP contribution in [0, 0.1) is 5.82 Å². The summed E-state index contributed by atoms with van der Waals surface area (Å²) in [7, 11) is 3.83. The lowest BCUT2D eigenvalue weighted by molar-refractivity contribution is -0.121. The maximum atomic E-state index is 13.4. The van der Waals surface area contributed by atoms with Crippen LogP contribution in [0.2, 0.25) is 0 Å². The molecular formula is C18H22FN3O. The maximum Gasteiger partial charge on any atom is 0.220 e. The molecule has 1 amide bonds. The highest BCUT2D eigenvalue weighted by Crippen LogP contribution is 2.18. The largest absolute Gasteiger partial charge is 0.354 e. The molecule has 122 valence electrons. The smallest absolute Gasteiger partial charge is 0.220 e. The van der Waals surface area contributed by atoms with Gasteiger partial charge in [-0.2, -0.15) is 0 Å². The molecule has 2 aromatic rings. The molecule has 0 aliphatic carbocycles. The first-order valence-corrected chi connectivity index (χ1v) is 7.64. The van der Waals surface area contributed by atoms with Crippen LogP contribution in [0.4, 0.5) is 4.39 Å². The second kappa shape index (κ2) is 8.39. The molecule has 0 spiro atoms. The van der Waals surface area contributed by atoms with Crippen molar-refractivity contribution in [2.45, 2.75) is 18.9 Å². The molecule has 0 bridgehead atoms. The minimum atomic E-state index is -0.266. The van der Waals surface area contributed by atoms with E-state index in [-0.39, 0.29) is 17.8 Å². The summed E-state index contributed by atoms with van der Waals surface area (Å²) in [5, 5.41) is 2.93. The van der Waals surface area contributed by atoms with Crippen LogP contribution in [0.15, 0.2) is 48.8 Å². The number of aryl methyl sites for hydroxylation is 1. The van der Waals surface area contributed by atoms with Gasteiger partial charge in [-0.3, -0.25) is 9.78 Å². The Morgan fingerprint density at radius 3 is 2.78 bits per heavy atom. The Hall–Kier alpha value is -2.27. The van der Waals surface area contributed by atoms with Crippen LogP contribution < -0.4 is 5.32 Å². The number of likely N-dealkylation sites (N-methyl/N-ethyl adjacent to an activating group) is 1. The molecule has 1 aromatic heterocycles. The monoisotopic (exact) mass is 315 g/mol. The summed E-state index contributed by atoms with van der Waals surface area (Å²) in [6.45, 7) is 0.447. The Labute approximate surface area is 136 Å².